The second kappa shape index (κ2) is 6.55. The van der Waals surface area contributed by atoms with E-state index in [0.717, 1.165) is 51.9 Å². The van der Waals surface area contributed by atoms with Gasteiger partial charge in [0.25, 0.3) is 5.91 Å². The normalized spacial score (nSPS) is 18.0. The molecule has 122 valence electrons. The number of para-hydroxylation sites is 2. The van der Waals surface area contributed by atoms with E-state index in [-0.39, 0.29) is 11.8 Å². The molecule has 1 fully saturated rings. The smallest absolute Gasteiger partial charge is 0.253 e. The van der Waals surface area contributed by atoms with Gasteiger partial charge in [-0.2, -0.15) is 0 Å². The summed E-state index contributed by atoms with van der Waals surface area (Å²) in [6.07, 6.45) is 2.08. The lowest BCUT2D eigenvalue weighted by Crippen LogP contribution is -2.39. The molecule has 3 aromatic rings. The molecule has 1 N–H and O–H groups in total. The van der Waals surface area contributed by atoms with Gasteiger partial charge in [0.05, 0.1) is 11.0 Å². The summed E-state index contributed by atoms with van der Waals surface area (Å²) in [6.45, 7) is 1.55. The summed E-state index contributed by atoms with van der Waals surface area (Å²) >= 11 is 2.25. The van der Waals surface area contributed by atoms with Crippen LogP contribution in [0.15, 0.2) is 48.5 Å². The molecule has 1 aliphatic heterocycles. The SMILES string of the molecule is O=C(c1cccc(I)c1)N1CCC[C@H](c2nc3ccccc3[nH]2)C1. The summed E-state index contributed by atoms with van der Waals surface area (Å²) in [5.41, 5.74) is 2.83. The Morgan fingerprint density at radius 2 is 2.08 bits per heavy atom. The number of likely N-dealkylation sites (tertiary alicyclic amines) is 1. The molecule has 1 saturated heterocycles. The Bertz CT molecular complexity index is 856. The molecule has 2 aromatic carbocycles. The predicted molar refractivity (Wildman–Crippen MR) is 103 cm³/mol. The Balaban J connectivity index is 1.56. The molecule has 1 amide bonds. The highest BCUT2D eigenvalue weighted by atomic mass is 127. The van der Waals surface area contributed by atoms with Gasteiger partial charge in [-0.3, -0.25) is 4.79 Å². The van der Waals surface area contributed by atoms with Crippen molar-refractivity contribution in [1.29, 1.82) is 0 Å². The Kier molecular flexibility index (Phi) is 4.26. The van der Waals surface area contributed by atoms with Crippen molar-refractivity contribution in [3.63, 3.8) is 0 Å². The van der Waals surface area contributed by atoms with E-state index < -0.39 is 0 Å². The Labute approximate surface area is 154 Å². The van der Waals surface area contributed by atoms with Gasteiger partial charge in [-0.05, 0) is 65.8 Å². The van der Waals surface area contributed by atoms with Crippen molar-refractivity contribution in [3.8, 4) is 0 Å². The Morgan fingerprint density at radius 3 is 2.92 bits per heavy atom. The van der Waals surface area contributed by atoms with Gasteiger partial charge in [-0.1, -0.05) is 18.2 Å². The van der Waals surface area contributed by atoms with Gasteiger partial charge in [-0.15, -0.1) is 0 Å². The Hall–Kier alpha value is -1.89. The molecule has 0 radical (unpaired) electrons. The number of carbonyl (C=O) groups is 1. The molecule has 1 aromatic heterocycles. The highest BCUT2D eigenvalue weighted by Crippen LogP contribution is 2.27. The second-order valence-corrected chi connectivity index (χ2v) is 7.49. The van der Waals surface area contributed by atoms with Crippen molar-refractivity contribution in [2.75, 3.05) is 13.1 Å². The van der Waals surface area contributed by atoms with Crippen molar-refractivity contribution in [3.05, 3.63) is 63.5 Å². The highest BCUT2D eigenvalue weighted by molar-refractivity contribution is 14.1. The van der Waals surface area contributed by atoms with Crippen LogP contribution in [0.2, 0.25) is 0 Å². The molecule has 4 rings (SSSR count). The van der Waals surface area contributed by atoms with Crippen LogP contribution in [-0.4, -0.2) is 33.9 Å². The Morgan fingerprint density at radius 1 is 1.21 bits per heavy atom. The van der Waals surface area contributed by atoms with Gasteiger partial charge >= 0.3 is 0 Å². The number of benzene rings is 2. The number of H-pyrrole nitrogens is 1. The number of amides is 1. The van der Waals surface area contributed by atoms with E-state index in [9.17, 15) is 4.79 Å². The highest BCUT2D eigenvalue weighted by Gasteiger charge is 2.27. The van der Waals surface area contributed by atoms with Crippen LogP contribution < -0.4 is 0 Å². The number of aromatic amines is 1. The molecule has 0 aliphatic carbocycles. The van der Waals surface area contributed by atoms with E-state index in [1.165, 1.54) is 0 Å². The maximum Gasteiger partial charge on any atom is 0.253 e. The molecule has 5 heteroatoms. The minimum atomic E-state index is 0.120. The average Bonchev–Trinajstić information content (AvgIpc) is 3.05. The second-order valence-electron chi connectivity index (χ2n) is 6.24. The molecule has 0 spiro atoms. The summed E-state index contributed by atoms with van der Waals surface area (Å²) < 4.78 is 1.09. The average molecular weight is 431 g/mol. The monoisotopic (exact) mass is 431 g/mol. The van der Waals surface area contributed by atoms with Crippen LogP contribution in [-0.2, 0) is 0 Å². The minimum Gasteiger partial charge on any atom is -0.342 e. The molecule has 0 saturated carbocycles. The number of carbonyl (C=O) groups excluding carboxylic acids is 1. The van der Waals surface area contributed by atoms with Gasteiger partial charge in [0, 0.05) is 28.1 Å². The van der Waals surface area contributed by atoms with E-state index in [2.05, 4.69) is 27.6 Å². The van der Waals surface area contributed by atoms with Gasteiger partial charge in [0.15, 0.2) is 0 Å². The number of piperidine rings is 1. The lowest BCUT2D eigenvalue weighted by Gasteiger charge is -2.32. The van der Waals surface area contributed by atoms with Gasteiger partial charge < -0.3 is 9.88 Å². The summed E-state index contributed by atoms with van der Waals surface area (Å²) in [4.78, 5) is 22.9. The van der Waals surface area contributed by atoms with Crippen molar-refractivity contribution < 1.29 is 4.79 Å². The van der Waals surface area contributed by atoms with E-state index in [1.54, 1.807) is 0 Å². The molecule has 0 unspecified atom stereocenters. The first-order chi connectivity index (χ1) is 11.7. The third-order valence-electron chi connectivity index (χ3n) is 4.57. The van der Waals surface area contributed by atoms with Crippen molar-refractivity contribution in [1.82, 2.24) is 14.9 Å². The fraction of sp³-hybridized carbons (Fsp3) is 0.263. The van der Waals surface area contributed by atoms with Gasteiger partial charge in [0.1, 0.15) is 5.82 Å². The fourth-order valence-electron chi connectivity index (χ4n) is 3.35. The van der Waals surface area contributed by atoms with Crippen LogP contribution in [0.3, 0.4) is 0 Å². The summed E-state index contributed by atoms with van der Waals surface area (Å²) in [7, 11) is 0. The van der Waals surface area contributed by atoms with Crippen molar-refractivity contribution >= 4 is 39.5 Å². The number of nitrogens with zero attached hydrogens (tertiary/aromatic N) is 2. The summed E-state index contributed by atoms with van der Waals surface area (Å²) in [5.74, 6) is 1.39. The maximum atomic E-state index is 12.8. The predicted octanol–water partition coefficient (Wildman–Crippen LogP) is 4.19. The van der Waals surface area contributed by atoms with Crippen LogP contribution >= 0.6 is 22.6 Å². The lowest BCUT2D eigenvalue weighted by atomic mass is 9.96. The third-order valence-corrected chi connectivity index (χ3v) is 5.25. The summed E-state index contributed by atoms with van der Waals surface area (Å²) in [5, 5.41) is 0. The third kappa shape index (κ3) is 3.05. The van der Waals surface area contributed by atoms with Crippen LogP contribution in [0.25, 0.3) is 11.0 Å². The lowest BCUT2D eigenvalue weighted by molar-refractivity contribution is 0.0705. The molecule has 1 atom stereocenters. The molecule has 0 bridgehead atoms. The topological polar surface area (TPSA) is 49.0 Å². The van der Waals surface area contributed by atoms with Crippen LogP contribution in [0.5, 0.6) is 0 Å². The molecule has 24 heavy (non-hydrogen) atoms. The molecule has 4 nitrogen and oxygen atoms in total. The number of aromatic nitrogens is 2. The molecular weight excluding hydrogens is 413 g/mol. The maximum absolute atomic E-state index is 12.8. The first-order valence-corrected chi connectivity index (χ1v) is 9.28. The van der Waals surface area contributed by atoms with E-state index >= 15 is 0 Å². The van der Waals surface area contributed by atoms with Gasteiger partial charge in [0.2, 0.25) is 0 Å². The number of hydrogen-bond acceptors (Lipinski definition) is 2. The number of imidazole rings is 1. The summed E-state index contributed by atoms with van der Waals surface area (Å²) in [6, 6.07) is 15.9. The minimum absolute atomic E-state index is 0.120. The van der Waals surface area contributed by atoms with Crippen molar-refractivity contribution in [2.24, 2.45) is 0 Å². The van der Waals surface area contributed by atoms with Gasteiger partial charge in [-0.25, -0.2) is 4.98 Å². The molecular formula is C19H18IN3O. The van der Waals surface area contributed by atoms with Crippen LogP contribution in [0.4, 0.5) is 0 Å². The van der Waals surface area contributed by atoms with Crippen LogP contribution in [0, 0.1) is 3.57 Å². The standard InChI is InChI=1S/C19H18IN3O/c20-15-7-3-5-13(11-15)19(24)23-10-4-6-14(12-23)18-21-16-8-1-2-9-17(16)22-18/h1-3,5,7-9,11,14H,4,6,10,12H2,(H,21,22)/t14-/m0/s1. The molecule has 2 heterocycles. The first kappa shape index (κ1) is 15.6. The number of hydrogen-bond donors (Lipinski definition) is 1. The fourth-order valence-corrected chi connectivity index (χ4v) is 3.90. The van der Waals surface area contributed by atoms with Crippen LogP contribution in [0.1, 0.15) is 34.9 Å². The van der Waals surface area contributed by atoms with Crippen molar-refractivity contribution in [2.45, 2.75) is 18.8 Å². The first-order valence-electron chi connectivity index (χ1n) is 8.20. The number of nitrogens with one attached hydrogen (secondary N) is 1. The zero-order chi connectivity index (χ0) is 16.5. The van der Waals surface area contributed by atoms with E-state index in [4.69, 9.17) is 4.98 Å². The largest absolute Gasteiger partial charge is 0.342 e. The number of rotatable bonds is 2. The quantitative estimate of drug-likeness (QED) is 0.619. The zero-order valence-corrected chi connectivity index (χ0v) is 15.4. The zero-order valence-electron chi connectivity index (χ0n) is 13.2. The van der Waals surface area contributed by atoms with E-state index in [0.29, 0.717) is 0 Å². The number of halogens is 1. The number of fused-ring (bicyclic) bond motifs is 1. The van der Waals surface area contributed by atoms with E-state index in [1.807, 2.05) is 53.4 Å². The molecule has 1 aliphatic rings.